The molecule has 2 atom stereocenters. The second kappa shape index (κ2) is 7.49. The number of benzene rings is 1. The van der Waals surface area contributed by atoms with Gasteiger partial charge in [0.05, 0.1) is 6.04 Å². The first-order valence-corrected chi connectivity index (χ1v) is 7.09. The van der Waals surface area contributed by atoms with E-state index in [0.717, 1.165) is 5.56 Å². The number of hydrogen-bond acceptors (Lipinski definition) is 5. The maximum atomic E-state index is 12.1. The molecule has 1 heterocycles. The number of amides is 1. The number of hydrogen-bond donors (Lipinski definition) is 1. The highest BCUT2D eigenvalue weighted by atomic mass is 16.6. The molecule has 0 radical (unpaired) electrons. The minimum atomic E-state index is -0.926. The first-order valence-electron chi connectivity index (χ1n) is 7.09. The summed E-state index contributed by atoms with van der Waals surface area (Å²) >= 11 is 0. The summed E-state index contributed by atoms with van der Waals surface area (Å²) in [6, 6.07) is 9.35. The molecular formula is C16H19NO5. The van der Waals surface area contributed by atoms with Crippen molar-refractivity contribution in [3.8, 4) is 0 Å². The Kier molecular flexibility index (Phi) is 5.41. The van der Waals surface area contributed by atoms with Gasteiger partial charge in [-0.3, -0.25) is 4.79 Å². The van der Waals surface area contributed by atoms with Crippen LogP contribution in [0.15, 0.2) is 42.4 Å². The predicted octanol–water partition coefficient (Wildman–Crippen LogP) is 1.68. The molecule has 0 unspecified atom stereocenters. The molecule has 0 fully saturated rings. The zero-order valence-electron chi connectivity index (χ0n) is 12.6. The molecule has 1 aliphatic rings. The first-order chi connectivity index (χ1) is 10.6. The topological polar surface area (TPSA) is 73.9 Å². The fourth-order valence-electron chi connectivity index (χ4n) is 1.90. The average Bonchev–Trinajstić information content (AvgIpc) is 2.56. The van der Waals surface area contributed by atoms with E-state index in [0.29, 0.717) is 6.61 Å². The molecule has 6 nitrogen and oxygen atoms in total. The fourth-order valence-corrected chi connectivity index (χ4v) is 1.90. The van der Waals surface area contributed by atoms with E-state index >= 15 is 0 Å². The SMILES string of the molecule is C[C@H](OC(=O)C1=COCCO1)C(=O)N[C@H](C)c1ccccc1. The van der Waals surface area contributed by atoms with Crippen LogP contribution in [0.25, 0.3) is 0 Å². The van der Waals surface area contributed by atoms with Gasteiger partial charge in [-0.1, -0.05) is 30.3 Å². The van der Waals surface area contributed by atoms with E-state index in [1.165, 1.54) is 13.2 Å². The number of carbonyl (C=O) groups is 2. The van der Waals surface area contributed by atoms with Crippen LogP contribution >= 0.6 is 0 Å². The van der Waals surface area contributed by atoms with Crippen LogP contribution in [0.4, 0.5) is 0 Å². The molecule has 1 aromatic rings. The van der Waals surface area contributed by atoms with E-state index in [2.05, 4.69) is 5.32 Å². The van der Waals surface area contributed by atoms with Crippen LogP contribution in [0.1, 0.15) is 25.5 Å². The minimum Gasteiger partial charge on any atom is -0.493 e. The Morgan fingerprint density at radius 3 is 2.55 bits per heavy atom. The Morgan fingerprint density at radius 2 is 1.91 bits per heavy atom. The van der Waals surface area contributed by atoms with Gasteiger partial charge >= 0.3 is 5.97 Å². The highest BCUT2D eigenvalue weighted by molar-refractivity contribution is 5.89. The van der Waals surface area contributed by atoms with Crippen LogP contribution in [0.5, 0.6) is 0 Å². The van der Waals surface area contributed by atoms with Gasteiger partial charge in [0.15, 0.2) is 6.10 Å². The van der Waals surface area contributed by atoms with Crippen LogP contribution in [0, 0.1) is 0 Å². The van der Waals surface area contributed by atoms with Gasteiger partial charge in [-0.05, 0) is 19.4 Å². The van der Waals surface area contributed by atoms with Gasteiger partial charge in [0.1, 0.15) is 19.5 Å². The Labute approximate surface area is 129 Å². The lowest BCUT2D eigenvalue weighted by atomic mass is 10.1. The third-order valence-corrected chi connectivity index (χ3v) is 3.16. The molecule has 0 spiro atoms. The summed E-state index contributed by atoms with van der Waals surface area (Å²) in [6.07, 6.45) is 0.272. The van der Waals surface area contributed by atoms with Crippen molar-refractivity contribution < 1.29 is 23.8 Å². The summed E-state index contributed by atoms with van der Waals surface area (Å²) in [5.41, 5.74) is 0.973. The summed E-state index contributed by atoms with van der Waals surface area (Å²) < 4.78 is 15.1. The molecule has 0 saturated heterocycles. The maximum Gasteiger partial charge on any atom is 0.377 e. The Bertz CT molecular complexity index is 555. The molecule has 0 aliphatic carbocycles. The van der Waals surface area contributed by atoms with Gasteiger partial charge in [-0.25, -0.2) is 4.79 Å². The van der Waals surface area contributed by atoms with Crippen molar-refractivity contribution >= 4 is 11.9 Å². The zero-order valence-corrected chi connectivity index (χ0v) is 12.6. The Hall–Kier alpha value is -2.50. The molecule has 6 heteroatoms. The lowest BCUT2D eigenvalue weighted by Gasteiger charge is -2.19. The predicted molar refractivity (Wildman–Crippen MR) is 78.5 cm³/mol. The van der Waals surface area contributed by atoms with Crippen LogP contribution < -0.4 is 5.32 Å². The van der Waals surface area contributed by atoms with E-state index in [1.54, 1.807) is 0 Å². The van der Waals surface area contributed by atoms with Crippen molar-refractivity contribution in [3.05, 3.63) is 47.9 Å². The molecule has 1 amide bonds. The van der Waals surface area contributed by atoms with Gasteiger partial charge in [0.25, 0.3) is 5.91 Å². The molecule has 0 bridgehead atoms. The smallest absolute Gasteiger partial charge is 0.377 e. The van der Waals surface area contributed by atoms with Crippen molar-refractivity contribution in [2.75, 3.05) is 13.2 Å². The molecule has 1 aliphatic heterocycles. The number of esters is 1. The van der Waals surface area contributed by atoms with Crippen molar-refractivity contribution in [1.29, 1.82) is 0 Å². The van der Waals surface area contributed by atoms with Gasteiger partial charge in [0.2, 0.25) is 5.76 Å². The minimum absolute atomic E-state index is 0.0259. The molecular weight excluding hydrogens is 286 g/mol. The molecule has 0 saturated carbocycles. The van der Waals surface area contributed by atoms with Crippen LogP contribution in [0.3, 0.4) is 0 Å². The summed E-state index contributed by atoms with van der Waals surface area (Å²) in [7, 11) is 0. The Balaban J connectivity index is 1.86. The normalized spacial score (nSPS) is 16.4. The molecule has 1 N–H and O–H groups in total. The number of ether oxygens (including phenoxy) is 3. The van der Waals surface area contributed by atoms with Crippen molar-refractivity contribution in [2.24, 2.45) is 0 Å². The van der Waals surface area contributed by atoms with Gasteiger partial charge < -0.3 is 19.5 Å². The molecule has 1 aromatic carbocycles. The van der Waals surface area contributed by atoms with Gasteiger partial charge in [-0.15, -0.1) is 0 Å². The van der Waals surface area contributed by atoms with E-state index < -0.39 is 12.1 Å². The highest BCUT2D eigenvalue weighted by Crippen LogP contribution is 2.12. The zero-order chi connectivity index (χ0) is 15.9. The molecule has 2 rings (SSSR count). The second-order valence-corrected chi connectivity index (χ2v) is 4.89. The quantitative estimate of drug-likeness (QED) is 0.838. The largest absolute Gasteiger partial charge is 0.493 e. The van der Waals surface area contributed by atoms with Crippen molar-refractivity contribution in [1.82, 2.24) is 5.32 Å². The lowest BCUT2D eigenvalue weighted by molar-refractivity contribution is -0.155. The third-order valence-electron chi connectivity index (χ3n) is 3.16. The third kappa shape index (κ3) is 4.25. The van der Waals surface area contributed by atoms with E-state index in [9.17, 15) is 9.59 Å². The summed E-state index contributed by atoms with van der Waals surface area (Å²) in [6.45, 7) is 4.05. The highest BCUT2D eigenvalue weighted by Gasteiger charge is 2.24. The first kappa shape index (κ1) is 15.9. The second-order valence-electron chi connectivity index (χ2n) is 4.89. The fraction of sp³-hybridized carbons (Fsp3) is 0.375. The van der Waals surface area contributed by atoms with Gasteiger partial charge in [0, 0.05) is 0 Å². The van der Waals surface area contributed by atoms with E-state index in [4.69, 9.17) is 14.2 Å². The number of carbonyl (C=O) groups excluding carboxylic acids is 2. The maximum absolute atomic E-state index is 12.1. The molecule has 22 heavy (non-hydrogen) atoms. The average molecular weight is 305 g/mol. The molecule has 0 aromatic heterocycles. The standard InChI is InChI=1S/C16H19NO5/c1-11(13-6-4-3-5-7-13)17-15(18)12(2)22-16(19)14-10-20-8-9-21-14/h3-7,10-12H,8-9H2,1-2H3,(H,17,18)/t11-,12+/m1/s1. The van der Waals surface area contributed by atoms with Crippen LogP contribution in [0.2, 0.25) is 0 Å². The van der Waals surface area contributed by atoms with E-state index in [1.807, 2.05) is 37.3 Å². The Morgan fingerprint density at radius 1 is 1.18 bits per heavy atom. The summed E-state index contributed by atoms with van der Waals surface area (Å²) in [5.74, 6) is -1.11. The monoisotopic (exact) mass is 305 g/mol. The van der Waals surface area contributed by atoms with E-state index in [-0.39, 0.29) is 24.3 Å². The van der Waals surface area contributed by atoms with Crippen LogP contribution in [-0.4, -0.2) is 31.2 Å². The van der Waals surface area contributed by atoms with Crippen molar-refractivity contribution in [3.63, 3.8) is 0 Å². The summed E-state index contributed by atoms with van der Waals surface area (Å²) in [4.78, 5) is 23.9. The van der Waals surface area contributed by atoms with Gasteiger partial charge in [-0.2, -0.15) is 0 Å². The lowest BCUT2D eigenvalue weighted by Crippen LogP contribution is -2.37. The van der Waals surface area contributed by atoms with Crippen molar-refractivity contribution in [2.45, 2.75) is 26.0 Å². The summed E-state index contributed by atoms with van der Waals surface area (Å²) in [5, 5.41) is 2.80. The number of rotatable bonds is 5. The molecule has 118 valence electrons. The number of nitrogens with one attached hydrogen (secondary N) is 1. The van der Waals surface area contributed by atoms with Crippen LogP contribution in [-0.2, 0) is 23.8 Å².